The van der Waals surface area contributed by atoms with Crippen molar-refractivity contribution in [3.63, 3.8) is 0 Å². The van der Waals surface area contributed by atoms with Gasteiger partial charge in [0.25, 0.3) is 0 Å². The lowest BCUT2D eigenvalue weighted by Gasteiger charge is -2.08. The number of ether oxygens (including phenoxy) is 1. The molecule has 0 aliphatic rings. The second-order valence-electron chi connectivity index (χ2n) is 3.93. The van der Waals surface area contributed by atoms with Gasteiger partial charge in [0.15, 0.2) is 0 Å². The molecular weight excluding hydrogens is 202 g/mol. The van der Waals surface area contributed by atoms with Gasteiger partial charge in [0, 0.05) is 19.5 Å². The molecule has 1 aromatic carbocycles. The zero-order valence-electron chi connectivity index (χ0n) is 10.2. The molecule has 0 aromatic heterocycles. The van der Waals surface area contributed by atoms with E-state index in [1.54, 1.807) is 14.0 Å². The molecule has 0 fully saturated rings. The number of rotatable bonds is 6. The lowest BCUT2D eigenvalue weighted by atomic mass is 10.1. The molecule has 3 nitrogen and oxygen atoms in total. The van der Waals surface area contributed by atoms with Crippen LogP contribution in [-0.2, 0) is 11.3 Å². The molecule has 0 aliphatic heterocycles. The average molecular weight is 221 g/mol. The summed E-state index contributed by atoms with van der Waals surface area (Å²) < 4.78 is 5.19. The highest BCUT2D eigenvalue weighted by Gasteiger charge is 1.99. The molecule has 0 radical (unpaired) electrons. The lowest BCUT2D eigenvalue weighted by Crippen LogP contribution is -2.16. The normalized spacial score (nSPS) is 10.2. The summed E-state index contributed by atoms with van der Waals surface area (Å²) in [4.78, 5) is 10.7. The minimum absolute atomic E-state index is 0.221. The van der Waals surface area contributed by atoms with E-state index in [4.69, 9.17) is 4.74 Å². The number of ketones is 1. The molecule has 0 heterocycles. The Hall–Kier alpha value is -1.35. The third-order valence-electron chi connectivity index (χ3n) is 2.44. The van der Waals surface area contributed by atoms with Gasteiger partial charge in [-0.2, -0.15) is 0 Å². The van der Waals surface area contributed by atoms with Gasteiger partial charge in [-0.1, -0.05) is 12.1 Å². The van der Waals surface area contributed by atoms with Crippen molar-refractivity contribution in [2.24, 2.45) is 0 Å². The highest BCUT2D eigenvalue weighted by atomic mass is 16.5. The smallest absolute Gasteiger partial charge is 0.131 e. The van der Waals surface area contributed by atoms with Crippen molar-refractivity contribution < 1.29 is 9.53 Å². The largest absolute Gasteiger partial charge is 0.496 e. The molecule has 3 heteroatoms. The number of carbonyl (C=O) groups excluding carboxylic acids is 1. The predicted molar refractivity (Wildman–Crippen MR) is 64.7 cm³/mol. The quantitative estimate of drug-likeness (QED) is 0.747. The van der Waals surface area contributed by atoms with Crippen molar-refractivity contribution >= 4 is 5.78 Å². The second kappa shape index (κ2) is 6.28. The van der Waals surface area contributed by atoms with Gasteiger partial charge in [-0.15, -0.1) is 0 Å². The Kier molecular flexibility index (Phi) is 4.99. The Labute approximate surface area is 96.8 Å². The van der Waals surface area contributed by atoms with E-state index in [1.165, 1.54) is 5.56 Å². The predicted octanol–water partition coefficient (Wildman–Crippen LogP) is 2.07. The number of nitrogens with one attached hydrogen (secondary N) is 1. The third kappa shape index (κ3) is 4.03. The molecule has 0 bridgehead atoms. The molecule has 0 saturated carbocycles. The first-order valence-electron chi connectivity index (χ1n) is 5.47. The Morgan fingerprint density at radius 3 is 2.75 bits per heavy atom. The Morgan fingerprint density at radius 2 is 2.19 bits per heavy atom. The summed E-state index contributed by atoms with van der Waals surface area (Å²) >= 11 is 0. The summed E-state index contributed by atoms with van der Waals surface area (Å²) in [7, 11) is 1.67. The van der Waals surface area contributed by atoms with Crippen molar-refractivity contribution in [3.8, 4) is 5.75 Å². The van der Waals surface area contributed by atoms with Crippen LogP contribution in [0.2, 0.25) is 0 Å². The van der Waals surface area contributed by atoms with Crippen LogP contribution in [0.15, 0.2) is 18.2 Å². The molecular formula is C13H19NO2. The van der Waals surface area contributed by atoms with E-state index in [2.05, 4.69) is 11.4 Å². The fourth-order valence-corrected chi connectivity index (χ4v) is 1.55. The average Bonchev–Trinajstić information content (AvgIpc) is 2.24. The standard InChI is InChI=1S/C13H19NO2/c1-10-8-12(4-5-13(10)16-3)9-14-7-6-11(2)15/h4-5,8,14H,6-7,9H2,1-3H3. The maximum absolute atomic E-state index is 10.7. The van der Waals surface area contributed by atoms with E-state index in [0.29, 0.717) is 6.42 Å². The summed E-state index contributed by atoms with van der Waals surface area (Å²) in [6.45, 7) is 5.16. The summed E-state index contributed by atoms with van der Waals surface area (Å²) in [5.41, 5.74) is 2.34. The van der Waals surface area contributed by atoms with E-state index in [0.717, 1.165) is 24.4 Å². The van der Waals surface area contributed by atoms with E-state index in [9.17, 15) is 4.79 Å². The van der Waals surface area contributed by atoms with Gasteiger partial charge in [-0.3, -0.25) is 4.79 Å². The monoisotopic (exact) mass is 221 g/mol. The van der Waals surface area contributed by atoms with Crippen molar-refractivity contribution in [2.75, 3.05) is 13.7 Å². The van der Waals surface area contributed by atoms with E-state index in [1.807, 2.05) is 19.1 Å². The van der Waals surface area contributed by atoms with Crippen LogP contribution in [0, 0.1) is 6.92 Å². The van der Waals surface area contributed by atoms with Gasteiger partial charge in [-0.25, -0.2) is 0 Å². The molecule has 0 unspecified atom stereocenters. The number of Topliss-reactive ketones (excluding diaryl/α,β-unsaturated/α-hetero) is 1. The van der Waals surface area contributed by atoms with Crippen LogP contribution in [0.5, 0.6) is 5.75 Å². The molecule has 0 aliphatic carbocycles. The summed E-state index contributed by atoms with van der Waals surface area (Å²) in [5, 5.41) is 3.24. The molecule has 16 heavy (non-hydrogen) atoms. The summed E-state index contributed by atoms with van der Waals surface area (Å²) in [5.74, 6) is 1.13. The Morgan fingerprint density at radius 1 is 1.44 bits per heavy atom. The SMILES string of the molecule is COc1ccc(CNCCC(C)=O)cc1C. The number of hydrogen-bond donors (Lipinski definition) is 1. The maximum atomic E-state index is 10.7. The molecule has 0 amide bonds. The van der Waals surface area contributed by atoms with Crippen LogP contribution in [0.3, 0.4) is 0 Å². The third-order valence-corrected chi connectivity index (χ3v) is 2.44. The van der Waals surface area contributed by atoms with Gasteiger partial charge >= 0.3 is 0 Å². The van der Waals surface area contributed by atoms with Gasteiger partial charge in [-0.05, 0) is 31.0 Å². The van der Waals surface area contributed by atoms with Crippen molar-refractivity contribution in [1.29, 1.82) is 0 Å². The highest BCUT2D eigenvalue weighted by Crippen LogP contribution is 2.18. The molecule has 0 atom stereocenters. The van der Waals surface area contributed by atoms with Crippen LogP contribution < -0.4 is 10.1 Å². The van der Waals surface area contributed by atoms with E-state index < -0.39 is 0 Å². The summed E-state index contributed by atoms with van der Waals surface area (Å²) in [6, 6.07) is 6.10. The molecule has 1 rings (SSSR count). The van der Waals surface area contributed by atoms with Crippen molar-refractivity contribution in [2.45, 2.75) is 26.8 Å². The molecule has 1 N–H and O–H groups in total. The topological polar surface area (TPSA) is 38.3 Å². The Bertz CT molecular complexity index is 361. The van der Waals surface area contributed by atoms with Crippen molar-refractivity contribution in [1.82, 2.24) is 5.32 Å². The second-order valence-corrected chi connectivity index (χ2v) is 3.93. The minimum atomic E-state index is 0.221. The zero-order valence-corrected chi connectivity index (χ0v) is 10.2. The minimum Gasteiger partial charge on any atom is -0.496 e. The molecule has 1 aromatic rings. The summed E-state index contributed by atoms with van der Waals surface area (Å²) in [6.07, 6.45) is 0.592. The van der Waals surface area contributed by atoms with Crippen LogP contribution >= 0.6 is 0 Å². The Balaban J connectivity index is 2.43. The first-order valence-corrected chi connectivity index (χ1v) is 5.47. The van der Waals surface area contributed by atoms with E-state index >= 15 is 0 Å². The number of methoxy groups -OCH3 is 1. The van der Waals surface area contributed by atoms with Gasteiger partial charge in [0.05, 0.1) is 7.11 Å². The lowest BCUT2D eigenvalue weighted by molar-refractivity contribution is -0.116. The van der Waals surface area contributed by atoms with Gasteiger partial charge < -0.3 is 10.1 Å². The first-order chi connectivity index (χ1) is 7.63. The van der Waals surface area contributed by atoms with Crippen LogP contribution in [0.25, 0.3) is 0 Å². The highest BCUT2D eigenvalue weighted by molar-refractivity contribution is 5.75. The van der Waals surface area contributed by atoms with Crippen LogP contribution in [0.1, 0.15) is 24.5 Å². The first kappa shape index (κ1) is 12.7. The zero-order chi connectivity index (χ0) is 12.0. The number of aryl methyl sites for hydroxylation is 1. The van der Waals surface area contributed by atoms with Crippen LogP contribution in [0.4, 0.5) is 0 Å². The van der Waals surface area contributed by atoms with Crippen molar-refractivity contribution in [3.05, 3.63) is 29.3 Å². The number of hydrogen-bond acceptors (Lipinski definition) is 3. The molecule has 0 saturated heterocycles. The fourth-order valence-electron chi connectivity index (χ4n) is 1.55. The molecule has 0 spiro atoms. The maximum Gasteiger partial charge on any atom is 0.131 e. The van der Waals surface area contributed by atoms with E-state index in [-0.39, 0.29) is 5.78 Å². The van der Waals surface area contributed by atoms with Crippen LogP contribution in [-0.4, -0.2) is 19.4 Å². The number of benzene rings is 1. The number of carbonyl (C=O) groups is 1. The molecule has 88 valence electrons. The fraction of sp³-hybridized carbons (Fsp3) is 0.462. The van der Waals surface area contributed by atoms with Gasteiger partial charge in [0.1, 0.15) is 11.5 Å². The van der Waals surface area contributed by atoms with Gasteiger partial charge in [0.2, 0.25) is 0 Å².